The Labute approximate surface area is 136 Å². The normalized spacial score (nSPS) is 11.7. The van der Waals surface area contributed by atoms with Crippen molar-refractivity contribution >= 4 is 11.9 Å². The van der Waals surface area contributed by atoms with Gasteiger partial charge in [-0.2, -0.15) is 0 Å². The quantitative estimate of drug-likeness (QED) is 0.460. The summed E-state index contributed by atoms with van der Waals surface area (Å²) in [4.78, 5) is 22.2. The minimum absolute atomic E-state index is 0.278. The van der Waals surface area contributed by atoms with Crippen molar-refractivity contribution in [2.75, 3.05) is 13.2 Å². The Kier molecular flexibility index (Phi) is 15.7. The van der Waals surface area contributed by atoms with Crippen LogP contribution < -0.4 is 0 Å². The van der Waals surface area contributed by atoms with Crippen molar-refractivity contribution in [3.63, 3.8) is 0 Å². The second-order valence-corrected chi connectivity index (χ2v) is 6.63. The third kappa shape index (κ3) is 18.9. The van der Waals surface area contributed by atoms with Crippen LogP contribution in [0, 0.1) is 17.8 Å². The molecule has 0 saturated heterocycles. The monoisotopic (exact) mass is 316 g/mol. The highest BCUT2D eigenvalue weighted by molar-refractivity contribution is 5.91. The summed E-state index contributed by atoms with van der Waals surface area (Å²) in [6.45, 7) is 15.2. The summed E-state index contributed by atoms with van der Waals surface area (Å²) in [5, 5.41) is 0. The highest BCUT2D eigenvalue weighted by atomic mass is 16.6. The molecule has 0 aromatic rings. The zero-order chi connectivity index (χ0) is 17.5. The Balaban J connectivity index is 0. The fourth-order valence-corrected chi connectivity index (χ4v) is 1.44. The number of carbonyl (C=O) groups is 2. The molecule has 1 atom stereocenters. The Morgan fingerprint density at radius 1 is 0.818 bits per heavy atom. The third-order valence-electron chi connectivity index (χ3n) is 2.92. The third-order valence-corrected chi connectivity index (χ3v) is 2.92. The first kappa shape index (κ1) is 23.2. The molecule has 0 saturated carbocycles. The molecule has 0 aliphatic carbocycles. The van der Waals surface area contributed by atoms with E-state index in [1.807, 2.05) is 27.7 Å². The molecule has 0 radical (unpaired) electrons. The second-order valence-electron chi connectivity index (χ2n) is 6.63. The van der Waals surface area contributed by atoms with Crippen molar-refractivity contribution in [2.24, 2.45) is 17.8 Å². The maximum absolute atomic E-state index is 11.1. The molecule has 0 bridgehead atoms. The first-order valence-electron chi connectivity index (χ1n) is 8.53. The van der Waals surface area contributed by atoms with Gasteiger partial charge in [-0.1, -0.05) is 67.7 Å². The van der Waals surface area contributed by atoms with Crippen LogP contribution in [0.5, 0.6) is 0 Å². The zero-order valence-electron chi connectivity index (χ0n) is 15.6. The van der Waals surface area contributed by atoms with E-state index < -0.39 is 11.9 Å². The summed E-state index contributed by atoms with van der Waals surface area (Å²) in [6.07, 6.45) is 3.79. The number of hydrogen-bond donors (Lipinski definition) is 0. The van der Waals surface area contributed by atoms with Gasteiger partial charge in [0.2, 0.25) is 0 Å². The van der Waals surface area contributed by atoms with Gasteiger partial charge in [0.1, 0.15) is 6.42 Å². The standard InChI is InChI=1S/C11H20O4.C7H16/c1-8(2)6-14-10(12)5-11(13)15-7-9(3)4;1-4-6-7(3)5-2/h8-9H,5-7H2,1-4H3;7H,4-6H2,1-3H3. The molecule has 4 nitrogen and oxygen atoms in total. The number of hydrogen-bond acceptors (Lipinski definition) is 4. The molecule has 0 aromatic carbocycles. The van der Waals surface area contributed by atoms with Gasteiger partial charge in [0.15, 0.2) is 0 Å². The molecule has 0 N–H and O–H groups in total. The van der Waals surface area contributed by atoms with Gasteiger partial charge in [0, 0.05) is 0 Å². The molecular weight excluding hydrogens is 280 g/mol. The van der Waals surface area contributed by atoms with Crippen LogP contribution in [0.15, 0.2) is 0 Å². The van der Waals surface area contributed by atoms with Gasteiger partial charge in [-0.25, -0.2) is 0 Å². The molecule has 132 valence electrons. The van der Waals surface area contributed by atoms with Crippen LogP contribution in [0.25, 0.3) is 0 Å². The van der Waals surface area contributed by atoms with E-state index in [2.05, 4.69) is 20.8 Å². The number of ether oxygens (including phenoxy) is 2. The van der Waals surface area contributed by atoms with E-state index in [0.29, 0.717) is 13.2 Å². The molecule has 22 heavy (non-hydrogen) atoms. The molecule has 0 aromatic heterocycles. The van der Waals surface area contributed by atoms with Crippen LogP contribution in [0.3, 0.4) is 0 Å². The Hall–Kier alpha value is -1.06. The van der Waals surface area contributed by atoms with E-state index in [1.165, 1.54) is 19.3 Å². The van der Waals surface area contributed by atoms with Crippen molar-refractivity contribution in [3.8, 4) is 0 Å². The van der Waals surface area contributed by atoms with Gasteiger partial charge in [-0.05, 0) is 17.8 Å². The lowest BCUT2D eigenvalue weighted by Gasteiger charge is -2.08. The van der Waals surface area contributed by atoms with Gasteiger partial charge in [0.25, 0.3) is 0 Å². The van der Waals surface area contributed by atoms with Gasteiger partial charge in [0.05, 0.1) is 13.2 Å². The summed E-state index contributed by atoms with van der Waals surface area (Å²) in [5.41, 5.74) is 0. The fourth-order valence-electron chi connectivity index (χ4n) is 1.44. The Bertz CT molecular complexity index is 263. The van der Waals surface area contributed by atoms with Crippen molar-refractivity contribution in [1.29, 1.82) is 0 Å². The van der Waals surface area contributed by atoms with Crippen LogP contribution >= 0.6 is 0 Å². The SMILES string of the molecule is CC(C)COC(=O)CC(=O)OCC(C)C.CCCC(C)CC. The van der Waals surface area contributed by atoms with Gasteiger partial charge >= 0.3 is 11.9 Å². The van der Waals surface area contributed by atoms with Crippen LogP contribution in [0.2, 0.25) is 0 Å². The Morgan fingerprint density at radius 3 is 1.45 bits per heavy atom. The van der Waals surface area contributed by atoms with Crippen LogP contribution in [0.1, 0.15) is 74.1 Å². The molecule has 4 heteroatoms. The van der Waals surface area contributed by atoms with Crippen molar-refractivity contribution in [1.82, 2.24) is 0 Å². The first-order chi connectivity index (χ1) is 10.2. The zero-order valence-corrected chi connectivity index (χ0v) is 15.6. The van der Waals surface area contributed by atoms with E-state index in [0.717, 1.165) is 5.92 Å². The van der Waals surface area contributed by atoms with Gasteiger partial charge < -0.3 is 9.47 Å². The lowest BCUT2D eigenvalue weighted by atomic mass is 10.0. The molecule has 0 heterocycles. The van der Waals surface area contributed by atoms with E-state index in [4.69, 9.17) is 9.47 Å². The first-order valence-corrected chi connectivity index (χ1v) is 8.53. The molecular formula is C18H36O4. The van der Waals surface area contributed by atoms with Crippen molar-refractivity contribution in [3.05, 3.63) is 0 Å². The minimum Gasteiger partial charge on any atom is -0.465 e. The van der Waals surface area contributed by atoms with Crippen LogP contribution in [-0.4, -0.2) is 25.2 Å². The molecule has 0 fully saturated rings. The molecule has 1 unspecified atom stereocenters. The van der Waals surface area contributed by atoms with Crippen LogP contribution in [0.4, 0.5) is 0 Å². The fraction of sp³-hybridized carbons (Fsp3) is 0.889. The number of rotatable bonds is 9. The predicted molar refractivity (Wildman–Crippen MR) is 90.6 cm³/mol. The molecule has 0 aliphatic heterocycles. The average molecular weight is 316 g/mol. The summed E-state index contributed by atoms with van der Waals surface area (Å²) in [5.74, 6) is 0.473. The predicted octanol–water partition coefficient (Wildman–Crippen LogP) is 4.61. The summed E-state index contributed by atoms with van der Waals surface area (Å²) in [6, 6.07) is 0. The molecule has 0 aliphatic rings. The van der Waals surface area contributed by atoms with E-state index in [-0.39, 0.29) is 18.3 Å². The summed E-state index contributed by atoms with van der Waals surface area (Å²) < 4.78 is 9.68. The lowest BCUT2D eigenvalue weighted by Crippen LogP contribution is -2.17. The minimum atomic E-state index is -0.516. The average Bonchev–Trinajstić information content (AvgIpc) is 2.43. The summed E-state index contributed by atoms with van der Waals surface area (Å²) in [7, 11) is 0. The van der Waals surface area contributed by atoms with Crippen molar-refractivity contribution < 1.29 is 19.1 Å². The van der Waals surface area contributed by atoms with E-state index >= 15 is 0 Å². The number of carbonyl (C=O) groups excluding carboxylic acids is 2. The van der Waals surface area contributed by atoms with E-state index in [9.17, 15) is 9.59 Å². The van der Waals surface area contributed by atoms with Crippen LogP contribution in [-0.2, 0) is 19.1 Å². The maximum Gasteiger partial charge on any atom is 0.317 e. The van der Waals surface area contributed by atoms with Gasteiger partial charge in [-0.15, -0.1) is 0 Å². The molecule has 0 amide bonds. The molecule has 0 spiro atoms. The lowest BCUT2D eigenvalue weighted by molar-refractivity contribution is -0.155. The topological polar surface area (TPSA) is 52.6 Å². The summed E-state index contributed by atoms with van der Waals surface area (Å²) >= 11 is 0. The largest absolute Gasteiger partial charge is 0.465 e. The maximum atomic E-state index is 11.1. The molecule has 0 rings (SSSR count). The van der Waals surface area contributed by atoms with E-state index in [1.54, 1.807) is 0 Å². The smallest absolute Gasteiger partial charge is 0.317 e. The highest BCUT2D eigenvalue weighted by Gasteiger charge is 2.12. The van der Waals surface area contributed by atoms with Crippen molar-refractivity contribution in [2.45, 2.75) is 74.1 Å². The highest BCUT2D eigenvalue weighted by Crippen LogP contribution is 2.07. The second kappa shape index (κ2) is 14.9. The Morgan fingerprint density at radius 2 is 1.23 bits per heavy atom. The number of esters is 2. The van der Waals surface area contributed by atoms with Gasteiger partial charge in [-0.3, -0.25) is 9.59 Å².